The zero-order chi connectivity index (χ0) is 25.3. The molecule has 9 nitrogen and oxygen atoms in total. The molecular formula is C27H32N4O5. The van der Waals surface area contributed by atoms with Gasteiger partial charge in [-0.2, -0.15) is 0 Å². The Kier molecular flexibility index (Phi) is 6.47. The van der Waals surface area contributed by atoms with Gasteiger partial charge in [0.15, 0.2) is 0 Å². The van der Waals surface area contributed by atoms with Crippen molar-refractivity contribution in [1.82, 2.24) is 15.1 Å². The van der Waals surface area contributed by atoms with E-state index in [1.165, 1.54) is 0 Å². The van der Waals surface area contributed by atoms with Crippen LogP contribution in [0.15, 0.2) is 48.5 Å². The van der Waals surface area contributed by atoms with E-state index in [0.717, 1.165) is 18.5 Å². The molecule has 0 radical (unpaired) electrons. The van der Waals surface area contributed by atoms with Gasteiger partial charge in [-0.15, -0.1) is 0 Å². The minimum atomic E-state index is -0.788. The molecule has 2 heterocycles. The van der Waals surface area contributed by atoms with E-state index in [1.807, 2.05) is 30.3 Å². The Morgan fingerprint density at radius 3 is 2.22 bits per heavy atom. The number of carbonyl (C=O) groups excluding carboxylic acids is 3. The van der Waals surface area contributed by atoms with Gasteiger partial charge >= 0.3 is 0 Å². The minimum absolute atomic E-state index is 0.0483. The molecular weight excluding hydrogens is 460 g/mol. The van der Waals surface area contributed by atoms with Crippen LogP contribution in [0.2, 0.25) is 0 Å². The molecule has 190 valence electrons. The fourth-order valence-electron chi connectivity index (χ4n) is 5.19. The van der Waals surface area contributed by atoms with Crippen LogP contribution in [-0.4, -0.2) is 79.6 Å². The summed E-state index contributed by atoms with van der Waals surface area (Å²) in [7, 11) is 3.10. The van der Waals surface area contributed by atoms with E-state index in [1.54, 1.807) is 42.2 Å². The third-order valence-corrected chi connectivity index (χ3v) is 7.34. The molecule has 2 aliphatic heterocycles. The molecule has 2 aromatic carbocycles. The van der Waals surface area contributed by atoms with Crippen LogP contribution in [0.4, 0.5) is 5.69 Å². The number of likely N-dealkylation sites (tertiary alicyclic amines) is 1. The molecule has 3 aliphatic rings. The zero-order valence-electron chi connectivity index (χ0n) is 20.7. The number of hydrogen-bond donors (Lipinski definition) is 1. The first-order valence-electron chi connectivity index (χ1n) is 12.4. The highest BCUT2D eigenvalue weighted by atomic mass is 16.5. The largest absolute Gasteiger partial charge is 0.497 e. The van der Waals surface area contributed by atoms with Crippen LogP contribution in [0.25, 0.3) is 0 Å². The monoisotopic (exact) mass is 492 g/mol. The second-order valence-corrected chi connectivity index (χ2v) is 9.68. The SMILES string of the molecule is COc1cc(OC)cc(C(=O)N2CCC3(CC2)C(=O)N(CC(=O)NC2CC2)CN3c2ccccc2)c1. The van der Waals surface area contributed by atoms with Gasteiger partial charge in [-0.3, -0.25) is 14.4 Å². The third kappa shape index (κ3) is 4.57. The average molecular weight is 493 g/mol. The number of nitrogens with zero attached hydrogens (tertiary/aromatic N) is 3. The quantitative estimate of drug-likeness (QED) is 0.638. The summed E-state index contributed by atoms with van der Waals surface area (Å²) in [5.41, 5.74) is 0.635. The molecule has 0 aromatic heterocycles. The van der Waals surface area contributed by atoms with Crippen molar-refractivity contribution in [2.24, 2.45) is 0 Å². The van der Waals surface area contributed by atoms with E-state index in [9.17, 15) is 14.4 Å². The molecule has 1 N–H and O–H groups in total. The van der Waals surface area contributed by atoms with Crippen molar-refractivity contribution in [3.63, 3.8) is 0 Å². The number of piperidine rings is 1. The van der Waals surface area contributed by atoms with Crippen LogP contribution in [0.3, 0.4) is 0 Å². The maximum atomic E-state index is 13.8. The molecule has 1 aliphatic carbocycles. The summed E-state index contributed by atoms with van der Waals surface area (Å²) >= 11 is 0. The number of anilines is 1. The van der Waals surface area contributed by atoms with Gasteiger partial charge in [0, 0.05) is 36.4 Å². The van der Waals surface area contributed by atoms with Gasteiger partial charge < -0.3 is 29.5 Å². The lowest BCUT2D eigenvalue weighted by Gasteiger charge is -2.43. The van der Waals surface area contributed by atoms with Crippen LogP contribution in [0, 0.1) is 0 Å². The van der Waals surface area contributed by atoms with Crippen molar-refractivity contribution >= 4 is 23.4 Å². The van der Waals surface area contributed by atoms with Crippen molar-refractivity contribution < 1.29 is 23.9 Å². The van der Waals surface area contributed by atoms with Crippen molar-refractivity contribution in [2.45, 2.75) is 37.3 Å². The molecule has 9 heteroatoms. The molecule has 3 fully saturated rings. The Morgan fingerprint density at radius 2 is 1.64 bits per heavy atom. The van der Waals surface area contributed by atoms with E-state index in [0.29, 0.717) is 49.7 Å². The van der Waals surface area contributed by atoms with E-state index in [2.05, 4.69) is 10.2 Å². The van der Waals surface area contributed by atoms with Gasteiger partial charge in [0.25, 0.3) is 11.8 Å². The van der Waals surface area contributed by atoms with Crippen LogP contribution in [-0.2, 0) is 9.59 Å². The van der Waals surface area contributed by atoms with Gasteiger partial charge in [0.05, 0.1) is 20.9 Å². The molecule has 36 heavy (non-hydrogen) atoms. The number of rotatable bonds is 7. The second-order valence-electron chi connectivity index (χ2n) is 9.68. The number of nitrogens with one attached hydrogen (secondary N) is 1. The van der Waals surface area contributed by atoms with Crippen LogP contribution < -0.4 is 19.7 Å². The predicted octanol–water partition coefficient (Wildman–Crippen LogP) is 2.26. The van der Waals surface area contributed by atoms with Crippen molar-refractivity contribution in [3.8, 4) is 11.5 Å². The normalized spacial score (nSPS) is 18.9. The molecule has 0 atom stereocenters. The molecule has 3 amide bonds. The smallest absolute Gasteiger partial charge is 0.254 e. The van der Waals surface area contributed by atoms with Crippen molar-refractivity contribution in [1.29, 1.82) is 0 Å². The Hall–Kier alpha value is -3.75. The van der Waals surface area contributed by atoms with Crippen LogP contribution in [0.1, 0.15) is 36.0 Å². The van der Waals surface area contributed by atoms with E-state index < -0.39 is 5.54 Å². The number of carbonyl (C=O) groups is 3. The third-order valence-electron chi connectivity index (χ3n) is 7.34. The van der Waals surface area contributed by atoms with E-state index in [-0.39, 0.29) is 30.3 Å². The number of benzene rings is 2. The lowest BCUT2D eigenvalue weighted by molar-refractivity contribution is -0.137. The predicted molar refractivity (Wildman–Crippen MR) is 134 cm³/mol. The summed E-state index contributed by atoms with van der Waals surface area (Å²) in [5.74, 6) is 0.808. The highest BCUT2D eigenvalue weighted by Crippen LogP contribution is 2.40. The van der Waals surface area contributed by atoms with E-state index >= 15 is 0 Å². The maximum Gasteiger partial charge on any atom is 0.254 e. The molecule has 1 spiro atoms. The van der Waals surface area contributed by atoms with Crippen molar-refractivity contribution in [3.05, 3.63) is 54.1 Å². The molecule has 0 bridgehead atoms. The number of methoxy groups -OCH3 is 2. The number of para-hydroxylation sites is 1. The highest BCUT2D eigenvalue weighted by Gasteiger charge is 2.54. The van der Waals surface area contributed by atoms with Crippen molar-refractivity contribution in [2.75, 3.05) is 45.4 Å². The number of hydrogen-bond acceptors (Lipinski definition) is 6. The molecule has 1 saturated carbocycles. The Balaban J connectivity index is 1.35. The van der Waals surface area contributed by atoms with E-state index in [4.69, 9.17) is 9.47 Å². The Bertz CT molecular complexity index is 1120. The standard InChI is InChI=1S/C27H32N4O5/c1-35-22-14-19(15-23(16-22)36-2)25(33)29-12-10-27(11-13-29)26(34)30(17-24(32)28-20-8-9-20)18-31(27)21-6-4-3-5-7-21/h3-7,14-16,20H,8-13,17-18H2,1-2H3,(H,28,32). The first kappa shape index (κ1) is 24.0. The fraction of sp³-hybridized carbons (Fsp3) is 0.444. The fourth-order valence-corrected chi connectivity index (χ4v) is 5.19. The summed E-state index contributed by atoms with van der Waals surface area (Å²) in [6, 6.07) is 15.2. The molecule has 2 saturated heterocycles. The topological polar surface area (TPSA) is 91.4 Å². The Morgan fingerprint density at radius 1 is 1.00 bits per heavy atom. The average Bonchev–Trinajstić information content (AvgIpc) is 3.70. The summed E-state index contributed by atoms with van der Waals surface area (Å²) < 4.78 is 10.6. The number of ether oxygens (including phenoxy) is 2. The molecule has 5 rings (SSSR count). The zero-order valence-corrected chi connectivity index (χ0v) is 20.7. The molecule has 2 aromatic rings. The first-order valence-corrected chi connectivity index (χ1v) is 12.4. The van der Waals surface area contributed by atoms with Gasteiger partial charge in [-0.05, 0) is 49.9 Å². The summed E-state index contributed by atoms with van der Waals surface area (Å²) in [5, 5.41) is 2.98. The summed E-state index contributed by atoms with van der Waals surface area (Å²) in [4.78, 5) is 45.2. The second kappa shape index (κ2) is 9.72. The summed E-state index contributed by atoms with van der Waals surface area (Å²) in [6.07, 6.45) is 2.97. The lowest BCUT2D eigenvalue weighted by Crippen LogP contribution is -2.57. The highest BCUT2D eigenvalue weighted by molar-refractivity contribution is 5.98. The first-order chi connectivity index (χ1) is 17.4. The van der Waals surface area contributed by atoms with Crippen LogP contribution >= 0.6 is 0 Å². The van der Waals surface area contributed by atoms with Gasteiger partial charge in [0.1, 0.15) is 23.6 Å². The lowest BCUT2D eigenvalue weighted by atomic mass is 9.85. The molecule has 0 unspecified atom stereocenters. The van der Waals surface area contributed by atoms with Gasteiger partial charge in [0.2, 0.25) is 5.91 Å². The van der Waals surface area contributed by atoms with Gasteiger partial charge in [-0.25, -0.2) is 0 Å². The van der Waals surface area contributed by atoms with Gasteiger partial charge in [-0.1, -0.05) is 18.2 Å². The summed E-state index contributed by atoms with van der Waals surface area (Å²) in [6.45, 7) is 1.25. The number of amides is 3. The maximum absolute atomic E-state index is 13.8. The van der Waals surface area contributed by atoms with Crippen LogP contribution in [0.5, 0.6) is 11.5 Å². The Labute approximate surface area is 210 Å². The minimum Gasteiger partial charge on any atom is -0.497 e.